The lowest BCUT2D eigenvalue weighted by molar-refractivity contribution is 0.178. The number of hydrogen-bond acceptors (Lipinski definition) is 2. The molecule has 1 aromatic heterocycles. The fourth-order valence-electron chi connectivity index (χ4n) is 2.57. The molecule has 0 radical (unpaired) electrons. The lowest BCUT2D eigenvalue weighted by Gasteiger charge is -2.15. The molecule has 0 aliphatic heterocycles. The molecule has 1 atom stereocenters. The third kappa shape index (κ3) is 2.99. The molecule has 0 aliphatic carbocycles. The van der Waals surface area contributed by atoms with Crippen molar-refractivity contribution in [2.45, 2.75) is 19.4 Å². The van der Waals surface area contributed by atoms with Crippen LogP contribution < -0.4 is 0 Å². The maximum Gasteiger partial charge on any atom is 0.0841 e. The van der Waals surface area contributed by atoms with E-state index in [9.17, 15) is 5.11 Å². The van der Waals surface area contributed by atoms with Crippen LogP contribution in [0.3, 0.4) is 0 Å². The summed E-state index contributed by atoms with van der Waals surface area (Å²) in [5.41, 5.74) is 4.15. The molecule has 21 heavy (non-hydrogen) atoms. The van der Waals surface area contributed by atoms with E-state index in [0.29, 0.717) is 6.42 Å². The normalized spacial score (nSPS) is 12.5. The van der Waals surface area contributed by atoms with Gasteiger partial charge in [-0.15, -0.1) is 0 Å². The molecule has 3 rings (SSSR count). The van der Waals surface area contributed by atoms with Crippen LogP contribution in [0.2, 0.25) is 0 Å². The number of pyridine rings is 1. The molecule has 1 unspecified atom stereocenters. The number of aliphatic hydroxyl groups excluding tert-OH is 1. The van der Waals surface area contributed by atoms with Gasteiger partial charge in [-0.2, -0.15) is 0 Å². The van der Waals surface area contributed by atoms with Gasteiger partial charge in [-0.25, -0.2) is 0 Å². The highest BCUT2D eigenvalue weighted by Gasteiger charge is 2.14. The molecule has 106 valence electrons. The van der Waals surface area contributed by atoms with Crippen LogP contribution in [0.5, 0.6) is 0 Å². The summed E-state index contributed by atoms with van der Waals surface area (Å²) in [6, 6.07) is 16.0. The molecule has 3 heteroatoms. The van der Waals surface area contributed by atoms with Crippen LogP contribution in [0.15, 0.2) is 59.2 Å². The second-order valence-corrected chi connectivity index (χ2v) is 6.09. The largest absolute Gasteiger partial charge is 0.388 e. The van der Waals surface area contributed by atoms with Crippen LogP contribution in [0.1, 0.15) is 22.8 Å². The van der Waals surface area contributed by atoms with Gasteiger partial charge in [-0.05, 0) is 36.2 Å². The predicted octanol–water partition coefficient (Wildman–Crippen LogP) is 4.58. The minimum atomic E-state index is -0.537. The second kappa shape index (κ2) is 5.96. The summed E-state index contributed by atoms with van der Waals surface area (Å²) in [6.45, 7) is 2.03. The molecule has 1 heterocycles. The Morgan fingerprint density at radius 1 is 1.14 bits per heavy atom. The third-order valence-electron chi connectivity index (χ3n) is 3.66. The topological polar surface area (TPSA) is 33.1 Å². The molecular formula is C18H16BrNO. The molecule has 2 nitrogen and oxygen atoms in total. The highest BCUT2D eigenvalue weighted by molar-refractivity contribution is 9.10. The first kappa shape index (κ1) is 14.2. The van der Waals surface area contributed by atoms with Crippen LogP contribution in [0, 0.1) is 6.92 Å². The van der Waals surface area contributed by atoms with E-state index >= 15 is 0 Å². The van der Waals surface area contributed by atoms with E-state index in [1.165, 1.54) is 0 Å². The molecule has 0 saturated heterocycles. The summed E-state index contributed by atoms with van der Waals surface area (Å²) >= 11 is 3.52. The van der Waals surface area contributed by atoms with E-state index in [4.69, 9.17) is 0 Å². The van der Waals surface area contributed by atoms with Gasteiger partial charge in [0.2, 0.25) is 0 Å². The predicted molar refractivity (Wildman–Crippen MR) is 89.3 cm³/mol. The molecular weight excluding hydrogens is 326 g/mol. The van der Waals surface area contributed by atoms with E-state index in [0.717, 1.165) is 32.1 Å². The Labute approximate surface area is 132 Å². The first-order valence-corrected chi connectivity index (χ1v) is 7.71. The maximum absolute atomic E-state index is 10.6. The molecule has 3 aromatic rings. The minimum Gasteiger partial charge on any atom is -0.388 e. The van der Waals surface area contributed by atoms with Crippen molar-refractivity contribution in [2.24, 2.45) is 0 Å². The highest BCUT2D eigenvalue weighted by atomic mass is 79.9. The fraction of sp³-hybridized carbons (Fsp3) is 0.167. The number of nitrogens with zero attached hydrogens (tertiary/aromatic N) is 1. The van der Waals surface area contributed by atoms with Crippen LogP contribution in [0.4, 0.5) is 0 Å². The van der Waals surface area contributed by atoms with Crippen molar-refractivity contribution >= 4 is 26.8 Å². The average molecular weight is 342 g/mol. The van der Waals surface area contributed by atoms with Crippen molar-refractivity contribution in [3.8, 4) is 0 Å². The van der Waals surface area contributed by atoms with Gasteiger partial charge in [0, 0.05) is 22.5 Å². The summed E-state index contributed by atoms with van der Waals surface area (Å²) in [4.78, 5) is 4.36. The van der Waals surface area contributed by atoms with Crippen molar-refractivity contribution in [1.29, 1.82) is 0 Å². The monoisotopic (exact) mass is 341 g/mol. The van der Waals surface area contributed by atoms with Crippen LogP contribution in [-0.4, -0.2) is 10.1 Å². The van der Waals surface area contributed by atoms with Gasteiger partial charge in [0.25, 0.3) is 0 Å². The zero-order chi connectivity index (χ0) is 14.8. The summed E-state index contributed by atoms with van der Waals surface area (Å²) < 4.78 is 0.943. The third-order valence-corrected chi connectivity index (χ3v) is 4.39. The van der Waals surface area contributed by atoms with Crippen molar-refractivity contribution in [1.82, 2.24) is 4.98 Å². The maximum atomic E-state index is 10.6. The van der Waals surface area contributed by atoms with Crippen molar-refractivity contribution in [3.05, 3.63) is 75.9 Å². The molecule has 0 bridgehead atoms. The SMILES string of the molecule is Cc1ccc(Br)c(C(O)Cc2ccnc3ccccc23)c1. The van der Waals surface area contributed by atoms with Gasteiger partial charge in [0.1, 0.15) is 0 Å². The molecule has 2 aromatic carbocycles. The van der Waals surface area contributed by atoms with Gasteiger partial charge in [0.15, 0.2) is 0 Å². The molecule has 0 aliphatic rings. The molecule has 1 N–H and O–H groups in total. The van der Waals surface area contributed by atoms with Crippen molar-refractivity contribution in [3.63, 3.8) is 0 Å². The Hall–Kier alpha value is -1.71. The number of fused-ring (bicyclic) bond motifs is 1. The van der Waals surface area contributed by atoms with Crippen molar-refractivity contribution < 1.29 is 5.11 Å². The van der Waals surface area contributed by atoms with Crippen LogP contribution in [-0.2, 0) is 6.42 Å². The second-order valence-electron chi connectivity index (χ2n) is 5.23. The summed E-state index contributed by atoms with van der Waals surface area (Å²) in [5.74, 6) is 0. The van der Waals surface area contributed by atoms with E-state index < -0.39 is 6.10 Å². The average Bonchev–Trinajstić information content (AvgIpc) is 2.50. The number of para-hydroxylation sites is 1. The van der Waals surface area contributed by atoms with Gasteiger partial charge >= 0.3 is 0 Å². The first-order valence-electron chi connectivity index (χ1n) is 6.92. The number of hydrogen-bond donors (Lipinski definition) is 1. The zero-order valence-corrected chi connectivity index (χ0v) is 13.3. The Kier molecular flexibility index (Phi) is 4.04. The Bertz CT molecular complexity index is 780. The fourth-order valence-corrected chi connectivity index (χ4v) is 3.08. The summed E-state index contributed by atoms with van der Waals surface area (Å²) in [5, 5.41) is 11.7. The first-order chi connectivity index (χ1) is 10.1. The quantitative estimate of drug-likeness (QED) is 0.756. The Balaban J connectivity index is 1.96. The standard InChI is InChI=1S/C18H16BrNO/c1-12-6-7-16(19)15(10-12)18(21)11-13-8-9-20-17-5-3-2-4-14(13)17/h2-10,18,21H,11H2,1H3. The van der Waals surface area contributed by atoms with Crippen LogP contribution >= 0.6 is 15.9 Å². The van der Waals surface area contributed by atoms with Gasteiger partial charge in [-0.3, -0.25) is 4.98 Å². The van der Waals surface area contributed by atoms with Gasteiger partial charge < -0.3 is 5.11 Å². The van der Waals surface area contributed by atoms with E-state index in [1.807, 2.05) is 49.4 Å². The molecule has 0 spiro atoms. The summed E-state index contributed by atoms with van der Waals surface area (Å²) in [6.07, 6.45) is 1.84. The van der Waals surface area contributed by atoms with Gasteiger partial charge in [-0.1, -0.05) is 51.8 Å². The lowest BCUT2D eigenvalue weighted by Crippen LogP contribution is -2.04. The minimum absolute atomic E-state index is 0.537. The van der Waals surface area contributed by atoms with E-state index in [2.05, 4.69) is 27.0 Å². The Morgan fingerprint density at radius 2 is 1.95 bits per heavy atom. The lowest BCUT2D eigenvalue weighted by atomic mass is 9.98. The number of benzene rings is 2. The number of aryl methyl sites for hydroxylation is 1. The number of aliphatic hydroxyl groups is 1. The Morgan fingerprint density at radius 3 is 2.81 bits per heavy atom. The molecule has 0 amide bonds. The zero-order valence-electron chi connectivity index (χ0n) is 11.8. The van der Waals surface area contributed by atoms with E-state index in [-0.39, 0.29) is 0 Å². The number of aromatic nitrogens is 1. The molecule has 0 fully saturated rings. The smallest absolute Gasteiger partial charge is 0.0841 e. The number of rotatable bonds is 3. The van der Waals surface area contributed by atoms with Crippen LogP contribution in [0.25, 0.3) is 10.9 Å². The number of halogens is 1. The highest BCUT2D eigenvalue weighted by Crippen LogP contribution is 2.29. The molecule has 0 saturated carbocycles. The van der Waals surface area contributed by atoms with Gasteiger partial charge in [0.05, 0.1) is 11.6 Å². The van der Waals surface area contributed by atoms with Crippen molar-refractivity contribution in [2.75, 3.05) is 0 Å². The van der Waals surface area contributed by atoms with E-state index in [1.54, 1.807) is 6.20 Å². The summed E-state index contributed by atoms with van der Waals surface area (Å²) in [7, 11) is 0.